The van der Waals surface area contributed by atoms with Gasteiger partial charge in [-0.25, -0.2) is 14.6 Å². The zero-order chi connectivity index (χ0) is 14.3. The number of pyridine rings is 1. The number of esters is 1. The minimum absolute atomic E-state index is 0.195. The number of aromatic nitrogens is 1. The summed E-state index contributed by atoms with van der Waals surface area (Å²) < 4.78 is 9.62. The van der Waals surface area contributed by atoms with Crippen molar-refractivity contribution in [2.45, 2.75) is 19.9 Å². The van der Waals surface area contributed by atoms with E-state index >= 15 is 0 Å². The minimum Gasteiger partial charge on any atom is -0.464 e. The quantitative estimate of drug-likeness (QED) is 0.662. The summed E-state index contributed by atoms with van der Waals surface area (Å²) in [6, 6.07) is 3.72. The lowest BCUT2D eigenvalue weighted by atomic mass is 10.2. The van der Waals surface area contributed by atoms with Crippen LogP contribution in [0.4, 0.5) is 4.79 Å². The summed E-state index contributed by atoms with van der Waals surface area (Å²) in [5.41, 5.74) is 0.291. The second kappa shape index (κ2) is 7.58. The van der Waals surface area contributed by atoms with E-state index in [0.717, 1.165) is 0 Å². The van der Waals surface area contributed by atoms with Gasteiger partial charge in [-0.15, -0.1) is 0 Å². The second-order valence-corrected chi connectivity index (χ2v) is 3.82. The first-order valence-corrected chi connectivity index (χ1v) is 6.18. The third-order valence-electron chi connectivity index (χ3n) is 2.09. The molecular weight excluding hydrogens is 272 g/mol. The number of rotatable bonds is 5. The molecule has 6 nitrogen and oxygen atoms in total. The van der Waals surface area contributed by atoms with Gasteiger partial charge in [0.25, 0.3) is 0 Å². The molecule has 0 radical (unpaired) electrons. The lowest BCUT2D eigenvalue weighted by Gasteiger charge is -2.16. The highest BCUT2D eigenvalue weighted by Crippen LogP contribution is 2.15. The number of carbonyl (C=O) groups is 2. The zero-order valence-electron chi connectivity index (χ0n) is 10.7. The predicted octanol–water partition coefficient (Wildman–Crippen LogP) is 2.09. The van der Waals surface area contributed by atoms with Gasteiger partial charge in [-0.05, 0) is 26.0 Å². The van der Waals surface area contributed by atoms with Crippen LogP contribution in [0.2, 0.25) is 5.15 Å². The van der Waals surface area contributed by atoms with Gasteiger partial charge in [-0.3, -0.25) is 0 Å². The third kappa shape index (κ3) is 4.75. The van der Waals surface area contributed by atoms with E-state index in [2.05, 4.69) is 10.3 Å². The van der Waals surface area contributed by atoms with Gasteiger partial charge < -0.3 is 14.8 Å². The number of ether oxygens (including phenoxy) is 2. The van der Waals surface area contributed by atoms with Crippen LogP contribution in [0.1, 0.15) is 25.6 Å². The van der Waals surface area contributed by atoms with Crippen LogP contribution in [0.25, 0.3) is 0 Å². The van der Waals surface area contributed by atoms with Crippen molar-refractivity contribution in [1.29, 1.82) is 0 Å². The summed E-state index contributed by atoms with van der Waals surface area (Å²) in [6.07, 6.45) is -0.720. The predicted molar refractivity (Wildman–Crippen MR) is 68.8 cm³/mol. The molecule has 0 saturated heterocycles. The molecule has 1 aromatic heterocycles. The van der Waals surface area contributed by atoms with Crippen LogP contribution in [0.15, 0.2) is 18.2 Å². The molecule has 0 spiro atoms. The Labute approximate surface area is 116 Å². The van der Waals surface area contributed by atoms with Crippen molar-refractivity contribution in [3.63, 3.8) is 0 Å². The van der Waals surface area contributed by atoms with Gasteiger partial charge in [0.15, 0.2) is 6.04 Å². The summed E-state index contributed by atoms with van der Waals surface area (Å²) in [5, 5.41) is 2.61. The second-order valence-electron chi connectivity index (χ2n) is 3.44. The molecule has 0 saturated carbocycles. The van der Waals surface area contributed by atoms with Crippen molar-refractivity contribution in [2.24, 2.45) is 0 Å². The zero-order valence-corrected chi connectivity index (χ0v) is 11.4. The first kappa shape index (κ1) is 15.2. The average Bonchev–Trinajstić information content (AvgIpc) is 2.36. The maximum Gasteiger partial charge on any atom is 0.408 e. The molecule has 104 valence electrons. The average molecular weight is 287 g/mol. The van der Waals surface area contributed by atoms with E-state index in [0.29, 0.717) is 5.69 Å². The van der Waals surface area contributed by atoms with Gasteiger partial charge in [0.2, 0.25) is 0 Å². The Hall–Kier alpha value is -1.82. The number of nitrogens with zero attached hydrogens (tertiary/aromatic N) is 1. The summed E-state index contributed by atoms with van der Waals surface area (Å²) in [6.45, 7) is 3.73. The Bertz CT molecular complexity index is 453. The standard InChI is InChI=1S/C12H15ClN2O4/c1-3-18-11(16)10(15-12(17)19-4-2)8-6-5-7-9(13)14-8/h5-7,10H,3-4H2,1-2H3,(H,15,17). The molecule has 0 aliphatic carbocycles. The largest absolute Gasteiger partial charge is 0.464 e. The molecule has 1 rings (SSSR count). The number of carbonyl (C=O) groups excluding carboxylic acids is 2. The van der Waals surface area contributed by atoms with Crippen molar-refractivity contribution in [3.05, 3.63) is 29.0 Å². The van der Waals surface area contributed by atoms with Crippen LogP contribution < -0.4 is 5.32 Å². The summed E-state index contributed by atoms with van der Waals surface area (Å²) in [7, 11) is 0. The number of hydrogen-bond acceptors (Lipinski definition) is 5. The van der Waals surface area contributed by atoms with Gasteiger partial charge in [0.1, 0.15) is 5.15 Å². The SMILES string of the molecule is CCOC(=O)NC(C(=O)OCC)c1cccc(Cl)n1. The Kier molecular flexibility index (Phi) is 6.08. The van der Waals surface area contributed by atoms with Gasteiger partial charge in [-0.2, -0.15) is 0 Å². The van der Waals surface area contributed by atoms with Crippen molar-refractivity contribution in [1.82, 2.24) is 10.3 Å². The molecule has 1 amide bonds. The van der Waals surface area contributed by atoms with Gasteiger partial charge in [-0.1, -0.05) is 17.7 Å². The van der Waals surface area contributed by atoms with E-state index in [1.54, 1.807) is 32.0 Å². The van der Waals surface area contributed by atoms with E-state index in [1.807, 2.05) is 0 Å². The number of hydrogen-bond donors (Lipinski definition) is 1. The lowest BCUT2D eigenvalue weighted by Crippen LogP contribution is -2.35. The summed E-state index contributed by atoms with van der Waals surface area (Å²) >= 11 is 5.76. The minimum atomic E-state index is -1.04. The smallest absolute Gasteiger partial charge is 0.408 e. The molecular formula is C12H15ClN2O4. The molecule has 0 aliphatic rings. The van der Waals surface area contributed by atoms with E-state index in [1.165, 1.54) is 0 Å². The van der Waals surface area contributed by atoms with E-state index in [4.69, 9.17) is 21.1 Å². The van der Waals surface area contributed by atoms with E-state index in [-0.39, 0.29) is 18.4 Å². The van der Waals surface area contributed by atoms with Crippen molar-refractivity contribution < 1.29 is 19.1 Å². The van der Waals surface area contributed by atoms with Crippen LogP contribution in [-0.2, 0) is 14.3 Å². The monoisotopic (exact) mass is 286 g/mol. The Morgan fingerprint density at radius 1 is 1.32 bits per heavy atom. The molecule has 0 aromatic carbocycles. The van der Waals surface area contributed by atoms with Gasteiger partial charge in [0.05, 0.1) is 18.9 Å². The van der Waals surface area contributed by atoms with Crippen molar-refractivity contribution in [3.8, 4) is 0 Å². The Morgan fingerprint density at radius 3 is 2.58 bits per heavy atom. The van der Waals surface area contributed by atoms with E-state index < -0.39 is 18.1 Å². The fraction of sp³-hybridized carbons (Fsp3) is 0.417. The molecule has 1 unspecified atom stereocenters. The molecule has 1 heterocycles. The third-order valence-corrected chi connectivity index (χ3v) is 2.30. The lowest BCUT2D eigenvalue weighted by molar-refractivity contribution is -0.145. The molecule has 1 atom stereocenters. The summed E-state index contributed by atoms with van der Waals surface area (Å²) in [5.74, 6) is -0.620. The van der Waals surface area contributed by atoms with Gasteiger partial charge in [0, 0.05) is 0 Å². The maximum atomic E-state index is 11.8. The first-order chi connectivity index (χ1) is 9.08. The topological polar surface area (TPSA) is 77.5 Å². The van der Waals surface area contributed by atoms with Crippen LogP contribution in [0.5, 0.6) is 0 Å². The normalized spacial score (nSPS) is 11.5. The number of nitrogens with one attached hydrogen (secondary N) is 1. The van der Waals surface area contributed by atoms with Crippen molar-refractivity contribution in [2.75, 3.05) is 13.2 Å². The van der Waals surface area contributed by atoms with E-state index in [9.17, 15) is 9.59 Å². The van der Waals surface area contributed by atoms with Crippen molar-refractivity contribution >= 4 is 23.7 Å². The Balaban J connectivity index is 2.91. The molecule has 19 heavy (non-hydrogen) atoms. The Morgan fingerprint density at radius 2 is 2.00 bits per heavy atom. The molecule has 1 aromatic rings. The van der Waals surface area contributed by atoms with Crippen LogP contribution in [0.3, 0.4) is 0 Å². The fourth-order valence-electron chi connectivity index (χ4n) is 1.35. The van der Waals surface area contributed by atoms with Crippen LogP contribution >= 0.6 is 11.6 Å². The van der Waals surface area contributed by atoms with Gasteiger partial charge >= 0.3 is 12.1 Å². The molecule has 0 aliphatic heterocycles. The summed E-state index contributed by atoms with van der Waals surface area (Å²) in [4.78, 5) is 27.2. The van der Waals surface area contributed by atoms with Crippen LogP contribution in [0, 0.1) is 0 Å². The van der Waals surface area contributed by atoms with Crippen LogP contribution in [-0.4, -0.2) is 30.3 Å². The highest BCUT2D eigenvalue weighted by Gasteiger charge is 2.26. The number of amides is 1. The molecule has 1 N–H and O–H groups in total. The highest BCUT2D eigenvalue weighted by atomic mass is 35.5. The molecule has 0 fully saturated rings. The molecule has 7 heteroatoms. The number of alkyl carbamates (subject to hydrolysis) is 1. The first-order valence-electron chi connectivity index (χ1n) is 5.80. The highest BCUT2D eigenvalue weighted by molar-refractivity contribution is 6.29. The number of halogens is 1. The molecule has 0 bridgehead atoms. The fourth-order valence-corrected chi connectivity index (χ4v) is 1.52. The maximum absolute atomic E-state index is 11.8.